The van der Waals surface area contributed by atoms with Gasteiger partial charge in [-0.3, -0.25) is 14.5 Å². The molecule has 0 saturated heterocycles. The second kappa shape index (κ2) is 9.84. The van der Waals surface area contributed by atoms with Crippen molar-refractivity contribution in [2.24, 2.45) is 0 Å². The van der Waals surface area contributed by atoms with E-state index in [1.165, 1.54) is 11.3 Å². The first-order chi connectivity index (χ1) is 15.1. The topological polar surface area (TPSA) is 100 Å². The number of benzene rings is 1. The standard InChI is InChI=1S/C22H25N5O3S/c1-2-11-27(14-20-25-26-22(30-20)18-8-5-12-31-18)13-19(28)24-17-7-4-3-6-16(17)21(29)23-15-9-10-15/h3-8,12,15H,2,9-11,13-14H2,1H3,(H,23,29)(H,24,28). The van der Waals surface area contributed by atoms with E-state index in [2.05, 4.69) is 20.8 Å². The summed E-state index contributed by atoms with van der Waals surface area (Å²) in [5, 5.41) is 16.0. The summed E-state index contributed by atoms with van der Waals surface area (Å²) in [5.41, 5.74) is 0.988. The van der Waals surface area contributed by atoms with Crippen molar-refractivity contribution in [1.82, 2.24) is 20.4 Å². The Bertz CT molecular complexity index is 1030. The Kier molecular flexibility index (Phi) is 6.73. The number of para-hydroxylation sites is 1. The number of nitrogens with zero attached hydrogens (tertiary/aromatic N) is 3. The van der Waals surface area contributed by atoms with Crippen LogP contribution in [0.25, 0.3) is 10.8 Å². The molecular weight excluding hydrogens is 414 g/mol. The highest BCUT2D eigenvalue weighted by atomic mass is 32.1. The Morgan fingerprint density at radius 2 is 2.03 bits per heavy atom. The van der Waals surface area contributed by atoms with Crippen molar-refractivity contribution < 1.29 is 14.0 Å². The fraction of sp³-hybridized carbons (Fsp3) is 0.364. The maximum Gasteiger partial charge on any atom is 0.257 e. The summed E-state index contributed by atoms with van der Waals surface area (Å²) in [4.78, 5) is 28.1. The van der Waals surface area contributed by atoms with Crippen molar-refractivity contribution in [1.29, 1.82) is 0 Å². The van der Waals surface area contributed by atoms with Crippen molar-refractivity contribution in [2.45, 2.75) is 38.8 Å². The third kappa shape index (κ3) is 5.77. The molecule has 0 aliphatic heterocycles. The monoisotopic (exact) mass is 439 g/mol. The fourth-order valence-electron chi connectivity index (χ4n) is 3.21. The van der Waals surface area contributed by atoms with E-state index in [9.17, 15) is 9.59 Å². The molecule has 1 fully saturated rings. The quantitative estimate of drug-likeness (QED) is 0.501. The van der Waals surface area contributed by atoms with Gasteiger partial charge in [-0.05, 0) is 49.4 Å². The number of amides is 2. The molecule has 162 valence electrons. The van der Waals surface area contributed by atoms with Gasteiger partial charge in [0.05, 0.1) is 29.2 Å². The highest BCUT2D eigenvalue weighted by molar-refractivity contribution is 7.13. The van der Waals surface area contributed by atoms with Gasteiger partial charge >= 0.3 is 0 Å². The second-order valence-electron chi connectivity index (χ2n) is 7.53. The number of anilines is 1. The van der Waals surface area contributed by atoms with Crippen LogP contribution in [0, 0.1) is 0 Å². The molecule has 9 heteroatoms. The van der Waals surface area contributed by atoms with Crippen molar-refractivity contribution in [3.8, 4) is 10.8 Å². The first-order valence-electron chi connectivity index (χ1n) is 10.4. The van der Waals surface area contributed by atoms with Crippen LogP contribution >= 0.6 is 11.3 Å². The largest absolute Gasteiger partial charge is 0.419 e. The molecule has 31 heavy (non-hydrogen) atoms. The lowest BCUT2D eigenvalue weighted by Crippen LogP contribution is -2.34. The molecule has 0 radical (unpaired) electrons. The minimum Gasteiger partial charge on any atom is -0.419 e. The Labute approximate surface area is 184 Å². The highest BCUT2D eigenvalue weighted by Gasteiger charge is 2.25. The number of nitrogens with one attached hydrogen (secondary N) is 2. The Hall–Kier alpha value is -3.04. The van der Waals surface area contributed by atoms with Gasteiger partial charge in [-0.25, -0.2) is 0 Å². The van der Waals surface area contributed by atoms with E-state index in [0.717, 1.165) is 24.1 Å². The minimum atomic E-state index is -0.196. The normalized spacial score (nSPS) is 13.4. The summed E-state index contributed by atoms with van der Waals surface area (Å²) in [6.45, 7) is 3.29. The lowest BCUT2D eigenvalue weighted by Gasteiger charge is -2.19. The van der Waals surface area contributed by atoms with Crippen LogP contribution < -0.4 is 10.6 Å². The van der Waals surface area contributed by atoms with E-state index in [1.54, 1.807) is 24.3 Å². The van der Waals surface area contributed by atoms with E-state index in [1.807, 2.05) is 29.3 Å². The zero-order valence-electron chi connectivity index (χ0n) is 17.3. The highest BCUT2D eigenvalue weighted by Crippen LogP contribution is 2.24. The van der Waals surface area contributed by atoms with Crippen LogP contribution in [0.3, 0.4) is 0 Å². The van der Waals surface area contributed by atoms with Gasteiger partial charge in [-0.1, -0.05) is 25.1 Å². The summed E-state index contributed by atoms with van der Waals surface area (Å²) in [7, 11) is 0. The lowest BCUT2D eigenvalue weighted by molar-refractivity contribution is -0.117. The number of carbonyl (C=O) groups is 2. The molecule has 1 aliphatic carbocycles. The molecule has 2 N–H and O–H groups in total. The molecular formula is C22H25N5O3S. The van der Waals surface area contributed by atoms with Crippen LogP contribution in [0.15, 0.2) is 46.2 Å². The van der Waals surface area contributed by atoms with E-state index in [4.69, 9.17) is 4.42 Å². The molecule has 1 aromatic carbocycles. The summed E-state index contributed by atoms with van der Waals surface area (Å²) < 4.78 is 5.76. The van der Waals surface area contributed by atoms with Gasteiger partial charge in [0, 0.05) is 6.04 Å². The first kappa shape index (κ1) is 21.2. The Morgan fingerprint density at radius 1 is 1.19 bits per heavy atom. The van der Waals surface area contributed by atoms with Crippen molar-refractivity contribution in [3.63, 3.8) is 0 Å². The van der Waals surface area contributed by atoms with Gasteiger partial charge in [0.2, 0.25) is 11.8 Å². The van der Waals surface area contributed by atoms with Gasteiger partial charge in [0.25, 0.3) is 11.8 Å². The summed E-state index contributed by atoms with van der Waals surface area (Å²) in [6.07, 6.45) is 2.89. The maximum atomic E-state index is 12.7. The van der Waals surface area contributed by atoms with Crippen molar-refractivity contribution >= 4 is 28.8 Å². The average molecular weight is 440 g/mol. The van der Waals surface area contributed by atoms with Crippen LogP contribution in [0.2, 0.25) is 0 Å². The Morgan fingerprint density at radius 3 is 2.77 bits per heavy atom. The van der Waals surface area contributed by atoms with Crippen LogP contribution in [-0.4, -0.2) is 46.0 Å². The van der Waals surface area contributed by atoms with Gasteiger partial charge in [-0.15, -0.1) is 21.5 Å². The van der Waals surface area contributed by atoms with Gasteiger partial charge < -0.3 is 15.1 Å². The molecule has 2 amide bonds. The molecule has 0 unspecified atom stereocenters. The Balaban J connectivity index is 1.38. The molecule has 0 atom stereocenters. The van der Waals surface area contributed by atoms with E-state index < -0.39 is 0 Å². The van der Waals surface area contributed by atoms with Gasteiger partial charge in [0.15, 0.2) is 0 Å². The maximum absolute atomic E-state index is 12.7. The first-order valence-corrected chi connectivity index (χ1v) is 11.3. The molecule has 1 aliphatic rings. The van der Waals surface area contributed by atoms with E-state index in [0.29, 0.717) is 36.1 Å². The average Bonchev–Trinajstić information content (AvgIpc) is 3.20. The zero-order valence-corrected chi connectivity index (χ0v) is 18.2. The second-order valence-corrected chi connectivity index (χ2v) is 8.48. The van der Waals surface area contributed by atoms with E-state index in [-0.39, 0.29) is 24.4 Å². The third-order valence-corrected chi connectivity index (χ3v) is 5.68. The number of hydrogen-bond acceptors (Lipinski definition) is 7. The SMILES string of the molecule is CCCN(CC(=O)Nc1ccccc1C(=O)NC1CC1)Cc1nnc(-c2cccs2)o1. The molecule has 4 rings (SSSR count). The lowest BCUT2D eigenvalue weighted by atomic mass is 10.1. The van der Waals surface area contributed by atoms with Crippen LogP contribution in [-0.2, 0) is 11.3 Å². The van der Waals surface area contributed by atoms with Crippen molar-refractivity contribution in [3.05, 3.63) is 53.2 Å². The predicted octanol–water partition coefficient (Wildman–Crippen LogP) is 3.54. The van der Waals surface area contributed by atoms with E-state index >= 15 is 0 Å². The minimum absolute atomic E-state index is 0.156. The predicted molar refractivity (Wildman–Crippen MR) is 119 cm³/mol. The zero-order chi connectivity index (χ0) is 21.6. The summed E-state index contributed by atoms with van der Waals surface area (Å²) in [5.74, 6) is 0.601. The van der Waals surface area contributed by atoms with Gasteiger partial charge in [-0.2, -0.15) is 0 Å². The molecule has 8 nitrogen and oxygen atoms in total. The van der Waals surface area contributed by atoms with Crippen LogP contribution in [0.1, 0.15) is 42.4 Å². The van der Waals surface area contributed by atoms with Crippen molar-refractivity contribution in [2.75, 3.05) is 18.4 Å². The number of rotatable bonds is 10. The van der Waals surface area contributed by atoms with Crippen LogP contribution in [0.5, 0.6) is 0 Å². The molecule has 0 spiro atoms. The number of carbonyl (C=O) groups excluding carboxylic acids is 2. The van der Waals surface area contributed by atoms with Gasteiger partial charge in [0.1, 0.15) is 0 Å². The molecule has 0 bridgehead atoms. The van der Waals surface area contributed by atoms with Crippen LogP contribution in [0.4, 0.5) is 5.69 Å². The molecule has 2 aromatic heterocycles. The number of aromatic nitrogens is 2. The molecule has 2 heterocycles. The summed E-state index contributed by atoms with van der Waals surface area (Å²) in [6, 6.07) is 11.2. The fourth-order valence-corrected chi connectivity index (χ4v) is 3.86. The number of hydrogen-bond donors (Lipinski definition) is 2. The number of thiophene rings is 1. The third-order valence-electron chi connectivity index (χ3n) is 4.82. The summed E-state index contributed by atoms with van der Waals surface area (Å²) >= 11 is 1.53. The molecule has 3 aromatic rings. The molecule has 1 saturated carbocycles. The smallest absolute Gasteiger partial charge is 0.257 e.